The summed E-state index contributed by atoms with van der Waals surface area (Å²) in [5.41, 5.74) is 3.00. The number of allylic oxidation sites excluding steroid dienone is 2. The molecule has 2 atom stereocenters. The number of carbonyl (C=O) groups excluding carboxylic acids is 4. The van der Waals surface area contributed by atoms with Crippen molar-refractivity contribution in [1.29, 1.82) is 0 Å². The van der Waals surface area contributed by atoms with Gasteiger partial charge in [-0.25, -0.2) is 9.56 Å². The molecule has 3 heterocycles. The number of Topliss-reactive ketones (excluding diaryl/α,β-unsaturated/α-hetero) is 1. The SMILES string of the molecule is CC(C)=CC[n+]1ccc(C(=O)N2C=C(c3ccccc3)N(CC(=O)N[C@@H](Cc3ccccc3)C(=O)C3=NC(C)(C)CO3)C(=O)[C@H]2C(C)C)cc1.[Br-]. The first kappa shape index (κ1) is 38.9. The Kier molecular flexibility index (Phi) is 12.9. The van der Waals surface area contributed by atoms with Gasteiger partial charge >= 0.3 is 0 Å². The topological polar surface area (TPSA) is 112 Å². The van der Waals surface area contributed by atoms with E-state index in [1.165, 1.54) is 15.4 Å². The predicted octanol–water partition coefficient (Wildman–Crippen LogP) is 1.76. The number of ketones is 1. The number of nitrogens with zero attached hydrogens (tertiary/aromatic N) is 4. The van der Waals surface area contributed by atoms with Crippen LogP contribution in [0.25, 0.3) is 5.70 Å². The van der Waals surface area contributed by atoms with E-state index in [0.29, 0.717) is 23.4 Å². The van der Waals surface area contributed by atoms with E-state index in [4.69, 9.17) is 4.74 Å². The number of carbonyl (C=O) groups is 4. The average Bonchev–Trinajstić information content (AvgIpc) is 3.47. The number of rotatable bonds is 12. The number of hydrogen-bond donors (Lipinski definition) is 1. The zero-order valence-corrected chi connectivity index (χ0v) is 31.6. The molecule has 0 bridgehead atoms. The zero-order valence-electron chi connectivity index (χ0n) is 30.0. The number of aromatic nitrogens is 1. The summed E-state index contributed by atoms with van der Waals surface area (Å²) in [7, 11) is 0. The van der Waals surface area contributed by atoms with Gasteiger partial charge in [-0.1, -0.05) is 80.1 Å². The molecule has 0 radical (unpaired) electrons. The molecule has 0 saturated carbocycles. The second-order valence-electron chi connectivity index (χ2n) is 14.0. The molecule has 2 aliphatic rings. The van der Waals surface area contributed by atoms with E-state index in [0.717, 1.165) is 5.56 Å². The Labute approximate surface area is 310 Å². The summed E-state index contributed by atoms with van der Waals surface area (Å²) in [6.07, 6.45) is 7.66. The van der Waals surface area contributed by atoms with Gasteiger partial charge in [0, 0.05) is 24.8 Å². The summed E-state index contributed by atoms with van der Waals surface area (Å²) in [5, 5.41) is 2.88. The van der Waals surface area contributed by atoms with Crippen LogP contribution in [-0.2, 0) is 32.1 Å². The lowest BCUT2D eigenvalue weighted by molar-refractivity contribution is -0.687. The standard InChI is InChI=1S/C40H45N5O5.BrH/c1-27(2)17-20-43-21-18-31(19-22-43)38(48)45-24-33(30-15-11-8-12-16-30)44(39(49)35(45)28(3)4)25-34(46)41-32(23-29-13-9-7-10-14-29)36(47)37-42-40(5,6)26-50-37;/h7-19,21-22,24,28,32,35H,20,23,25-26H2,1-6H3;1H/t32-,35+;/m0./s1. The number of aliphatic imine (C=N–C) groups is 1. The van der Waals surface area contributed by atoms with Gasteiger partial charge in [0.15, 0.2) is 18.9 Å². The molecule has 268 valence electrons. The molecule has 0 fully saturated rings. The van der Waals surface area contributed by atoms with Crippen molar-refractivity contribution in [3.8, 4) is 0 Å². The minimum Gasteiger partial charge on any atom is -1.00 e. The molecule has 0 saturated heterocycles. The molecule has 11 heteroatoms. The first-order chi connectivity index (χ1) is 23.8. The molecule has 2 aromatic carbocycles. The Morgan fingerprint density at radius 2 is 1.63 bits per heavy atom. The molecule has 3 amide bonds. The van der Waals surface area contributed by atoms with Gasteiger partial charge in [0.1, 0.15) is 25.2 Å². The first-order valence-corrected chi connectivity index (χ1v) is 17.0. The van der Waals surface area contributed by atoms with Gasteiger partial charge in [-0.2, -0.15) is 0 Å². The summed E-state index contributed by atoms with van der Waals surface area (Å²) in [6.45, 7) is 12.1. The number of amides is 3. The van der Waals surface area contributed by atoms with E-state index in [1.54, 1.807) is 18.3 Å². The number of benzene rings is 2. The molecule has 51 heavy (non-hydrogen) atoms. The Morgan fingerprint density at radius 3 is 2.20 bits per heavy atom. The molecular formula is C40H46BrN5O5. The number of pyridine rings is 1. The van der Waals surface area contributed by atoms with Crippen molar-refractivity contribution in [3.63, 3.8) is 0 Å². The molecule has 0 spiro atoms. The lowest BCUT2D eigenvalue weighted by atomic mass is 9.96. The second-order valence-corrected chi connectivity index (χ2v) is 14.0. The molecule has 2 aliphatic heterocycles. The van der Waals surface area contributed by atoms with Crippen molar-refractivity contribution < 1.29 is 45.5 Å². The summed E-state index contributed by atoms with van der Waals surface area (Å²) < 4.78 is 7.62. The maximum Gasteiger partial charge on any atom is 0.259 e. The Bertz CT molecular complexity index is 1820. The number of nitrogens with one attached hydrogen (secondary N) is 1. The third-order valence-electron chi connectivity index (χ3n) is 8.57. The zero-order chi connectivity index (χ0) is 36.0. The maximum absolute atomic E-state index is 14.4. The van der Waals surface area contributed by atoms with Crippen LogP contribution in [0.4, 0.5) is 0 Å². The quantitative estimate of drug-likeness (QED) is 0.224. The molecule has 0 unspecified atom stereocenters. The highest BCUT2D eigenvalue weighted by molar-refractivity contribution is 6.39. The van der Waals surface area contributed by atoms with Crippen LogP contribution in [-0.4, -0.2) is 70.0 Å². The summed E-state index contributed by atoms with van der Waals surface area (Å²) >= 11 is 0. The van der Waals surface area contributed by atoms with Crippen molar-refractivity contribution in [2.24, 2.45) is 10.9 Å². The monoisotopic (exact) mass is 755 g/mol. The molecule has 1 aromatic heterocycles. The van der Waals surface area contributed by atoms with Gasteiger partial charge in [-0.05, 0) is 50.8 Å². The van der Waals surface area contributed by atoms with Crippen molar-refractivity contribution >= 4 is 35.1 Å². The highest BCUT2D eigenvalue weighted by Crippen LogP contribution is 2.31. The minimum absolute atomic E-state index is 0. The van der Waals surface area contributed by atoms with Crippen LogP contribution in [0.5, 0.6) is 0 Å². The van der Waals surface area contributed by atoms with Gasteiger partial charge in [0.05, 0.1) is 16.8 Å². The number of hydrogen-bond acceptors (Lipinski definition) is 6. The number of halogens is 1. The van der Waals surface area contributed by atoms with Gasteiger partial charge in [0.25, 0.3) is 17.7 Å². The Morgan fingerprint density at radius 1 is 1.00 bits per heavy atom. The van der Waals surface area contributed by atoms with E-state index >= 15 is 0 Å². The summed E-state index contributed by atoms with van der Waals surface area (Å²) in [5.74, 6) is -1.97. The highest BCUT2D eigenvalue weighted by Gasteiger charge is 2.42. The molecule has 5 rings (SSSR count). The molecular weight excluding hydrogens is 710 g/mol. The first-order valence-electron chi connectivity index (χ1n) is 17.0. The average molecular weight is 757 g/mol. The van der Waals surface area contributed by atoms with Gasteiger partial charge in [-0.3, -0.25) is 24.1 Å². The van der Waals surface area contributed by atoms with Crippen molar-refractivity contribution in [2.45, 2.75) is 72.1 Å². The fourth-order valence-corrected chi connectivity index (χ4v) is 5.93. The minimum atomic E-state index is -0.974. The molecule has 3 aromatic rings. The van der Waals surface area contributed by atoms with Gasteiger partial charge < -0.3 is 31.9 Å². The third kappa shape index (κ3) is 9.67. The third-order valence-corrected chi connectivity index (χ3v) is 8.57. The largest absolute Gasteiger partial charge is 1.00 e. The van der Waals surface area contributed by atoms with Crippen molar-refractivity contribution in [2.75, 3.05) is 13.2 Å². The van der Waals surface area contributed by atoms with Crippen molar-refractivity contribution in [3.05, 3.63) is 120 Å². The van der Waals surface area contributed by atoms with E-state index in [-0.39, 0.29) is 54.3 Å². The van der Waals surface area contributed by atoms with E-state index < -0.39 is 35.2 Å². The summed E-state index contributed by atoms with van der Waals surface area (Å²) in [6, 6.07) is 20.2. The van der Waals surface area contributed by atoms with Crippen molar-refractivity contribution in [1.82, 2.24) is 15.1 Å². The Balaban J connectivity index is 0.00000583. The van der Waals surface area contributed by atoms with Crippen LogP contribution < -0.4 is 26.9 Å². The molecule has 10 nitrogen and oxygen atoms in total. The van der Waals surface area contributed by atoms with Crippen LogP contribution in [0.3, 0.4) is 0 Å². The normalized spacial score (nSPS) is 17.1. The van der Waals surface area contributed by atoms with Crippen LogP contribution in [0.1, 0.15) is 63.0 Å². The maximum atomic E-state index is 14.4. The number of ether oxygens (including phenoxy) is 1. The van der Waals surface area contributed by atoms with Gasteiger partial charge in [0.2, 0.25) is 11.7 Å². The van der Waals surface area contributed by atoms with E-state index in [9.17, 15) is 19.2 Å². The van der Waals surface area contributed by atoms with Crippen LogP contribution in [0.2, 0.25) is 0 Å². The van der Waals surface area contributed by atoms with E-state index in [1.807, 2.05) is 119 Å². The fraction of sp³-hybridized carbons (Fsp3) is 0.350. The van der Waals surface area contributed by atoms with Crippen LogP contribution >= 0.6 is 0 Å². The van der Waals surface area contributed by atoms with E-state index in [2.05, 4.69) is 16.4 Å². The molecule has 0 aliphatic carbocycles. The molecule has 1 N–H and O–H groups in total. The second kappa shape index (κ2) is 16.9. The Hall–Kier alpha value is -4.90. The van der Waals surface area contributed by atoms with Crippen LogP contribution in [0.15, 0.2) is 108 Å². The fourth-order valence-electron chi connectivity index (χ4n) is 5.93. The summed E-state index contributed by atoms with van der Waals surface area (Å²) in [4.78, 5) is 63.4. The lowest BCUT2D eigenvalue weighted by Crippen LogP contribution is -3.00. The van der Waals surface area contributed by atoms with Gasteiger partial charge in [-0.15, -0.1) is 0 Å². The lowest BCUT2D eigenvalue weighted by Gasteiger charge is -2.41. The predicted molar refractivity (Wildman–Crippen MR) is 192 cm³/mol. The van der Waals surface area contributed by atoms with Crippen LogP contribution in [0, 0.1) is 5.92 Å². The highest BCUT2D eigenvalue weighted by atomic mass is 79.9. The smallest absolute Gasteiger partial charge is 0.259 e.